The summed E-state index contributed by atoms with van der Waals surface area (Å²) < 4.78 is 27.7. The third kappa shape index (κ3) is 4.06. The van der Waals surface area contributed by atoms with E-state index in [0.29, 0.717) is 24.4 Å². The fourth-order valence-corrected chi connectivity index (χ4v) is 4.82. The van der Waals surface area contributed by atoms with E-state index in [-0.39, 0.29) is 23.9 Å². The molecule has 0 saturated carbocycles. The summed E-state index contributed by atoms with van der Waals surface area (Å²) in [5.41, 5.74) is 7.83. The van der Waals surface area contributed by atoms with Crippen LogP contribution in [-0.4, -0.2) is 31.9 Å². The van der Waals surface area contributed by atoms with Gasteiger partial charge in [-0.1, -0.05) is 56.3 Å². The van der Waals surface area contributed by atoms with Gasteiger partial charge in [0.15, 0.2) is 0 Å². The highest BCUT2D eigenvalue weighted by Crippen LogP contribution is 2.32. The molecule has 1 aliphatic rings. The van der Waals surface area contributed by atoms with Crippen molar-refractivity contribution in [2.45, 2.75) is 31.2 Å². The highest BCUT2D eigenvalue weighted by molar-refractivity contribution is 7.89. The minimum atomic E-state index is -3.51. The molecule has 6 heteroatoms. The summed E-state index contributed by atoms with van der Waals surface area (Å²) in [7, 11) is -3.51. The molecule has 0 spiro atoms. The zero-order valence-electron chi connectivity index (χ0n) is 14.6. The quantitative estimate of drug-likeness (QED) is 0.885. The average Bonchev–Trinajstić information content (AvgIpc) is 2.58. The summed E-state index contributed by atoms with van der Waals surface area (Å²) in [5, 5.41) is 0. The summed E-state index contributed by atoms with van der Waals surface area (Å²) in [6, 6.07) is 17.0. The molecule has 1 saturated heterocycles. The number of benzene rings is 2. The van der Waals surface area contributed by atoms with Crippen LogP contribution < -0.4 is 5.73 Å². The third-order valence-electron chi connectivity index (χ3n) is 4.86. The van der Waals surface area contributed by atoms with Gasteiger partial charge in [0.05, 0.1) is 4.90 Å². The van der Waals surface area contributed by atoms with Gasteiger partial charge in [-0.3, -0.25) is 0 Å². The highest BCUT2D eigenvalue weighted by atomic mass is 35.5. The Morgan fingerprint density at radius 2 is 1.68 bits per heavy atom. The first-order chi connectivity index (χ1) is 11.3. The first kappa shape index (κ1) is 19.9. The lowest BCUT2D eigenvalue weighted by Crippen LogP contribution is -2.53. The number of hydrogen-bond acceptors (Lipinski definition) is 3. The molecule has 1 aliphatic heterocycles. The van der Waals surface area contributed by atoms with Gasteiger partial charge in [0.25, 0.3) is 0 Å². The largest absolute Gasteiger partial charge is 0.327 e. The van der Waals surface area contributed by atoms with Gasteiger partial charge in [0.2, 0.25) is 10.0 Å². The third-order valence-corrected chi connectivity index (χ3v) is 6.70. The van der Waals surface area contributed by atoms with E-state index in [1.165, 1.54) is 0 Å². The first-order valence-corrected chi connectivity index (χ1v) is 9.66. The predicted octanol–water partition coefficient (Wildman–Crippen LogP) is 3.52. The molecule has 1 fully saturated rings. The van der Waals surface area contributed by atoms with Crippen molar-refractivity contribution in [2.24, 2.45) is 11.1 Å². The molecule has 4 nitrogen and oxygen atoms in total. The minimum absolute atomic E-state index is 0. The topological polar surface area (TPSA) is 63.4 Å². The number of hydrogen-bond donors (Lipinski definition) is 1. The Labute approximate surface area is 156 Å². The van der Waals surface area contributed by atoms with Crippen LogP contribution in [0.1, 0.15) is 20.3 Å². The molecule has 136 valence electrons. The standard InChI is InChI=1S/C19H24N2O2S.ClH/c1-19(2)14-21(12-11-18(19)20)24(22,23)17-10-6-9-16(13-17)15-7-4-3-5-8-15;/h3-10,13,18H,11-12,14,20H2,1-2H3;1H. The maximum absolute atomic E-state index is 13.1. The molecule has 25 heavy (non-hydrogen) atoms. The molecule has 0 amide bonds. The van der Waals surface area contributed by atoms with Crippen LogP contribution in [0.5, 0.6) is 0 Å². The molecule has 1 unspecified atom stereocenters. The molecule has 3 rings (SSSR count). The Kier molecular flexibility index (Phi) is 5.94. The van der Waals surface area contributed by atoms with E-state index in [2.05, 4.69) is 0 Å². The summed E-state index contributed by atoms with van der Waals surface area (Å²) >= 11 is 0. The second-order valence-corrected chi connectivity index (χ2v) is 9.05. The lowest BCUT2D eigenvalue weighted by Gasteiger charge is -2.41. The highest BCUT2D eigenvalue weighted by Gasteiger charge is 2.38. The number of nitrogens with two attached hydrogens (primary N) is 1. The molecule has 1 atom stereocenters. The molecule has 0 bridgehead atoms. The molecular formula is C19H25ClN2O2S. The lowest BCUT2D eigenvalue weighted by atomic mass is 9.81. The number of nitrogens with zero attached hydrogens (tertiary/aromatic N) is 1. The van der Waals surface area contributed by atoms with E-state index in [1.807, 2.05) is 50.2 Å². The maximum atomic E-state index is 13.1. The Morgan fingerprint density at radius 3 is 2.32 bits per heavy atom. The van der Waals surface area contributed by atoms with Crippen molar-refractivity contribution >= 4 is 22.4 Å². The molecule has 0 aromatic heterocycles. The molecule has 0 radical (unpaired) electrons. The van der Waals surface area contributed by atoms with Crippen molar-refractivity contribution in [1.29, 1.82) is 0 Å². The van der Waals surface area contributed by atoms with Crippen molar-refractivity contribution in [1.82, 2.24) is 4.31 Å². The van der Waals surface area contributed by atoms with Crippen molar-refractivity contribution in [2.75, 3.05) is 13.1 Å². The first-order valence-electron chi connectivity index (χ1n) is 8.22. The van der Waals surface area contributed by atoms with Crippen molar-refractivity contribution in [3.63, 3.8) is 0 Å². The van der Waals surface area contributed by atoms with Crippen LogP contribution in [0, 0.1) is 5.41 Å². The van der Waals surface area contributed by atoms with Crippen LogP contribution in [0.15, 0.2) is 59.5 Å². The van der Waals surface area contributed by atoms with Crippen LogP contribution in [0.3, 0.4) is 0 Å². The monoisotopic (exact) mass is 380 g/mol. The van der Waals surface area contributed by atoms with Crippen molar-refractivity contribution in [3.8, 4) is 11.1 Å². The fourth-order valence-electron chi connectivity index (χ4n) is 3.15. The van der Waals surface area contributed by atoms with Crippen molar-refractivity contribution < 1.29 is 8.42 Å². The number of sulfonamides is 1. The van der Waals surface area contributed by atoms with E-state index in [4.69, 9.17) is 5.73 Å². The van der Waals surface area contributed by atoms with Gasteiger partial charge in [0.1, 0.15) is 0 Å². The molecule has 2 N–H and O–H groups in total. The van der Waals surface area contributed by atoms with Crippen molar-refractivity contribution in [3.05, 3.63) is 54.6 Å². The Morgan fingerprint density at radius 1 is 1.04 bits per heavy atom. The zero-order chi connectivity index (χ0) is 17.4. The minimum Gasteiger partial charge on any atom is -0.327 e. The van der Waals surface area contributed by atoms with Gasteiger partial charge < -0.3 is 5.73 Å². The average molecular weight is 381 g/mol. The Hall–Kier alpha value is -1.40. The van der Waals surface area contributed by atoms with E-state index in [1.54, 1.807) is 22.5 Å². The molecular weight excluding hydrogens is 356 g/mol. The number of rotatable bonds is 3. The summed E-state index contributed by atoms with van der Waals surface area (Å²) in [4.78, 5) is 0.343. The second kappa shape index (κ2) is 7.46. The zero-order valence-corrected chi connectivity index (χ0v) is 16.2. The second-order valence-electron chi connectivity index (χ2n) is 7.12. The number of halogens is 1. The van der Waals surface area contributed by atoms with E-state index < -0.39 is 10.0 Å². The van der Waals surface area contributed by atoms with Gasteiger partial charge in [-0.25, -0.2) is 8.42 Å². The van der Waals surface area contributed by atoms with Crippen LogP contribution in [0.4, 0.5) is 0 Å². The van der Waals surface area contributed by atoms with E-state index in [9.17, 15) is 8.42 Å². The van der Waals surface area contributed by atoms with Crippen LogP contribution in [0.25, 0.3) is 11.1 Å². The van der Waals surface area contributed by atoms with E-state index in [0.717, 1.165) is 11.1 Å². The number of piperidine rings is 1. The van der Waals surface area contributed by atoms with Gasteiger partial charge in [-0.05, 0) is 35.1 Å². The van der Waals surface area contributed by atoms with Crippen LogP contribution in [-0.2, 0) is 10.0 Å². The molecule has 1 heterocycles. The molecule has 2 aromatic carbocycles. The van der Waals surface area contributed by atoms with Gasteiger partial charge in [-0.15, -0.1) is 12.4 Å². The lowest BCUT2D eigenvalue weighted by molar-refractivity contribution is 0.155. The predicted molar refractivity (Wildman–Crippen MR) is 104 cm³/mol. The van der Waals surface area contributed by atoms with E-state index >= 15 is 0 Å². The summed E-state index contributed by atoms with van der Waals surface area (Å²) in [5.74, 6) is 0. The fraction of sp³-hybridized carbons (Fsp3) is 0.368. The summed E-state index contributed by atoms with van der Waals surface area (Å²) in [6.07, 6.45) is 0.685. The maximum Gasteiger partial charge on any atom is 0.243 e. The molecule has 2 aromatic rings. The Balaban J connectivity index is 0.00000225. The Bertz CT molecular complexity index is 822. The smallest absolute Gasteiger partial charge is 0.243 e. The van der Waals surface area contributed by atoms with Crippen LogP contribution in [0.2, 0.25) is 0 Å². The molecule has 0 aliphatic carbocycles. The van der Waals surface area contributed by atoms with Gasteiger partial charge in [-0.2, -0.15) is 4.31 Å². The van der Waals surface area contributed by atoms with Gasteiger partial charge in [0, 0.05) is 19.1 Å². The summed E-state index contributed by atoms with van der Waals surface area (Å²) in [6.45, 7) is 4.98. The van der Waals surface area contributed by atoms with Crippen LogP contribution >= 0.6 is 12.4 Å². The normalized spacial score (nSPS) is 20.7. The van der Waals surface area contributed by atoms with Gasteiger partial charge >= 0.3 is 0 Å². The SMILES string of the molecule is CC1(C)CN(S(=O)(=O)c2cccc(-c3ccccc3)c2)CCC1N.Cl.